The summed E-state index contributed by atoms with van der Waals surface area (Å²) < 4.78 is 2.43. The lowest BCUT2D eigenvalue weighted by Gasteiger charge is -2.28. The molecule has 376 valence electrons. The fourth-order valence-corrected chi connectivity index (χ4v) is 11.8. The minimum Gasteiger partial charge on any atom is -0.314 e. The van der Waals surface area contributed by atoms with Gasteiger partial charge < -0.3 is 9.47 Å². The van der Waals surface area contributed by atoms with Gasteiger partial charge in [-0.15, -0.1) is 0 Å². The van der Waals surface area contributed by atoms with Gasteiger partial charge in [0.05, 0.1) is 11.0 Å². The third kappa shape index (κ3) is 9.37. The molecule has 0 bridgehead atoms. The lowest BCUT2D eigenvalue weighted by molar-refractivity contribution is 1.08. The molecule has 0 radical (unpaired) electrons. The average molecular weight is 1000 g/mol. The summed E-state index contributed by atoms with van der Waals surface area (Å²) in [6, 6.07) is 80.3. The fraction of sp³-hybridized carbons (Fsp3) is 0.0789. The van der Waals surface area contributed by atoms with Gasteiger partial charge in [0.15, 0.2) is 0 Å². The maximum atomic E-state index is 2.43. The number of para-hydroxylation sites is 1. The van der Waals surface area contributed by atoms with E-state index in [-0.39, 0.29) is 0 Å². The molecule has 0 saturated carbocycles. The topological polar surface area (TPSA) is 8.17 Å². The van der Waals surface area contributed by atoms with E-state index in [0.29, 0.717) is 0 Å². The van der Waals surface area contributed by atoms with Crippen molar-refractivity contribution < 1.29 is 0 Å². The van der Waals surface area contributed by atoms with Crippen LogP contribution < -0.4 is 4.90 Å². The summed E-state index contributed by atoms with van der Waals surface area (Å²) in [4.78, 5) is 2.43. The number of nitrogens with zero attached hydrogens (tertiary/aromatic N) is 2. The van der Waals surface area contributed by atoms with E-state index in [2.05, 4.69) is 316 Å². The summed E-state index contributed by atoms with van der Waals surface area (Å²) in [6.07, 6.45) is 24.1. The zero-order valence-electron chi connectivity index (χ0n) is 44.9. The number of allylic oxidation sites excluding steroid dienone is 8. The van der Waals surface area contributed by atoms with Crippen molar-refractivity contribution in [1.29, 1.82) is 0 Å². The van der Waals surface area contributed by atoms with Gasteiger partial charge in [0.1, 0.15) is 0 Å². The van der Waals surface area contributed by atoms with Gasteiger partial charge in [0, 0.05) is 40.0 Å². The maximum absolute atomic E-state index is 2.43. The molecule has 0 N–H and O–H groups in total. The first-order valence-electron chi connectivity index (χ1n) is 27.5. The predicted octanol–water partition coefficient (Wildman–Crippen LogP) is 21.3. The fourth-order valence-electron chi connectivity index (χ4n) is 11.8. The van der Waals surface area contributed by atoms with Gasteiger partial charge in [-0.2, -0.15) is 0 Å². The van der Waals surface area contributed by atoms with Crippen LogP contribution >= 0.6 is 0 Å². The minimum absolute atomic E-state index is 0.719. The van der Waals surface area contributed by atoms with Crippen LogP contribution in [0.4, 0.5) is 11.4 Å². The lowest BCUT2D eigenvalue weighted by Crippen LogP contribution is -2.16. The predicted molar refractivity (Wildman–Crippen MR) is 338 cm³/mol. The number of rotatable bonds is 13. The molecule has 0 atom stereocenters. The van der Waals surface area contributed by atoms with Crippen LogP contribution in [0, 0.1) is 0 Å². The Balaban J connectivity index is 0.918. The van der Waals surface area contributed by atoms with Gasteiger partial charge in [-0.25, -0.2) is 0 Å². The van der Waals surface area contributed by atoms with Crippen LogP contribution in [-0.4, -0.2) is 4.57 Å². The Labute approximate surface area is 459 Å². The molecule has 78 heavy (non-hydrogen) atoms. The maximum Gasteiger partial charge on any atom is 0.0547 e. The monoisotopic (exact) mass is 1000 g/mol. The van der Waals surface area contributed by atoms with Crippen molar-refractivity contribution in [1.82, 2.24) is 4.57 Å². The molecule has 1 aromatic heterocycles. The minimum atomic E-state index is 0.719. The molecule has 0 aliphatic heterocycles. The highest BCUT2D eigenvalue weighted by atomic mass is 15.1. The largest absolute Gasteiger partial charge is 0.314 e. The van der Waals surface area contributed by atoms with E-state index in [0.717, 1.165) is 29.9 Å². The van der Waals surface area contributed by atoms with Crippen molar-refractivity contribution in [3.8, 4) is 50.2 Å². The van der Waals surface area contributed by atoms with Crippen LogP contribution in [0.25, 0.3) is 107 Å². The second kappa shape index (κ2) is 22.0. The molecule has 0 unspecified atom stereocenters. The molecule has 1 aliphatic rings. The second-order valence-corrected chi connectivity index (χ2v) is 20.1. The zero-order valence-corrected chi connectivity index (χ0v) is 44.9. The van der Waals surface area contributed by atoms with Crippen molar-refractivity contribution in [3.05, 3.63) is 294 Å². The van der Waals surface area contributed by atoms with Crippen molar-refractivity contribution in [2.24, 2.45) is 0 Å². The summed E-state index contributed by atoms with van der Waals surface area (Å²) in [5.41, 5.74) is 24.2. The number of benzene rings is 10. The lowest BCUT2D eigenvalue weighted by atomic mass is 9.92. The van der Waals surface area contributed by atoms with Crippen LogP contribution in [0.15, 0.2) is 267 Å². The van der Waals surface area contributed by atoms with E-state index < -0.39 is 0 Å². The molecule has 2 nitrogen and oxygen atoms in total. The molecular formula is C76H62N2. The first-order chi connectivity index (χ1) is 38.5. The summed E-state index contributed by atoms with van der Waals surface area (Å²) in [5.74, 6) is 0. The molecule has 1 heterocycles. The third-order valence-electron chi connectivity index (χ3n) is 15.4. The van der Waals surface area contributed by atoms with Crippen molar-refractivity contribution in [3.63, 3.8) is 0 Å². The van der Waals surface area contributed by atoms with Crippen molar-refractivity contribution >= 4 is 67.8 Å². The SMILES string of the molecule is C/C=C\c1cccc(-c2ccc(-c3ccc(N(C4=CC=CC(c5cccc6c5c5c(/C=C\C)c(/C=C\C)ccc5n6-c5ccccc5)=CC4)c4ccc(-c5ccc(-c6cccc7ccccc67)cc5)cc4)cc3)cc2)c1CC. The standard InChI is InChI=1S/C76H62N2/c1-5-18-57-23-15-29-68(67(57)8-4)61-37-33-53(34-38-61)55-41-47-65(48-42-55)77(66-49-43-56(44-50-66)54-35-39-62(40-36-54)70-30-16-24-59-21-12-13-28-69(59)70)64-27-14-22-60(45-51-64)72-31-17-32-73-76(72)75-71(20-7-3)58(19-6-2)46-52-74(75)78(73)63-25-10-9-11-26-63/h5-7,9-50,52H,8,51H2,1-4H3/b18-5-,19-6-,20-7-. The number of fused-ring (bicyclic) bond motifs is 4. The van der Waals surface area contributed by atoms with Crippen LogP contribution in [0.2, 0.25) is 0 Å². The van der Waals surface area contributed by atoms with Crippen molar-refractivity contribution in [2.45, 2.75) is 40.5 Å². The average Bonchev–Trinajstić information content (AvgIpc) is 3.95. The molecule has 0 spiro atoms. The Hall–Kier alpha value is -9.50. The second-order valence-electron chi connectivity index (χ2n) is 20.1. The zero-order chi connectivity index (χ0) is 53.0. The van der Waals surface area contributed by atoms with Crippen molar-refractivity contribution in [2.75, 3.05) is 4.90 Å². The highest BCUT2D eigenvalue weighted by Crippen LogP contribution is 2.43. The summed E-state index contributed by atoms with van der Waals surface area (Å²) >= 11 is 0. The van der Waals surface area contributed by atoms with E-state index >= 15 is 0 Å². The van der Waals surface area contributed by atoms with Crippen LogP contribution in [0.5, 0.6) is 0 Å². The Bertz CT molecular complexity index is 4170. The molecule has 10 aromatic carbocycles. The van der Waals surface area contributed by atoms with E-state index in [1.165, 1.54) is 116 Å². The Kier molecular flexibility index (Phi) is 13.9. The molecular weight excluding hydrogens is 941 g/mol. The van der Waals surface area contributed by atoms with Crippen LogP contribution in [-0.2, 0) is 6.42 Å². The molecule has 0 amide bonds. The van der Waals surface area contributed by atoms with Gasteiger partial charge >= 0.3 is 0 Å². The van der Waals surface area contributed by atoms with Gasteiger partial charge in [0.2, 0.25) is 0 Å². The molecule has 2 heteroatoms. The summed E-state index contributed by atoms with van der Waals surface area (Å²) in [6.45, 7) is 8.54. The molecule has 12 rings (SSSR count). The molecule has 11 aromatic rings. The van der Waals surface area contributed by atoms with E-state index in [9.17, 15) is 0 Å². The highest BCUT2D eigenvalue weighted by molar-refractivity contribution is 6.18. The first-order valence-corrected chi connectivity index (χ1v) is 27.5. The Morgan fingerprint density at radius 3 is 1.65 bits per heavy atom. The normalized spacial score (nSPS) is 12.8. The molecule has 0 saturated heterocycles. The van der Waals surface area contributed by atoms with E-state index in [4.69, 9.17) is 0 Å². The van der Waals surface area contributed by atoms with Gasteiger partial charge in [-0.05, 0) is 170 Å². The summed E-state index contributed by atoms with van der Waals surface area (Å²) in [7, 11) is 0. The number of aromatic nitrogens is 1. The Morgan fingerprint density at radius 2 is 0.987 bits per heavy atom. The molecule has 0 fully saturated rings. The van der Waals surface area contributed by atoms with Crippen LogP contribution in [0.1, 0.15) is 61.9 Å². The van der Waals surface area contributed by atoms with E-state index in [1.54, 1.807) is 0 Å². The van der Waals surface area contributed by atoms with E-state index in [1.807, 2.05) is 0 Å². The van der Waals surface area contributed by atoms with Gasteiger partial charge in [-0.3, -0.25) is 0 Å². The molecule has 1 aliphatic carbocycles. The quantitative estimate of drug-likeness (QED) is 0.112. The Morgan fingerprint density at radius 1 is 0.449 bits per heavy atom. The summed E-state index contributed by atoms with van der Waals surface area (Å²) in [5, 5.41) is 5.03. The third-order valence-corrected chi connectivity index (χ3v) is 15.4. The smallest absolute Gasteiger partial charge is 0.0547 e. The number of anilines is 2. The number of hydrogen-bond acceptors (Lipinski definition) is 1. The number of hydrogen-bond donors (Lipinski definition) is 0. The van der Waals surface area contributed by atoms with Gasteiger partial charge in [-0.1, -0.05) is 231 Å². The van der Waals surface area contributed by atoms with Crippen LogP contribution in [0.3, 0.4) is 0 Å². The highest BCUT2D eigenvalue weighted by Gasteiger charge is 2.22. The first kappa shape index (κ1) is 49.4. The van der Waals surface area contributed by atoms with Gasteiger partial charge in [0.25, 0.3) is 0 Å².